The standard InChI is InChI=1S/C9H13NO4S/c1-2-5-15(13,14)10-8-4-3-7(11)6-9(8)12/h3-4,6,10-12H,2,5H2,1H3. The summed E-state index contributed by atoms with van der Waals surface area (Å²) in [6.45, 7) is 1.75. The Bertz CT molecular complexity index is 441. The lowest BCUT2D eigenvalue weighted by molar-refractivity contribution is 0.452. The third-order valence-electron chi connectivity index (χ3n) is 1.72. The molecule has 6 heteroatoms. The fourth-order valence-electron chi connectivity index (χ4n) is 1.09. The fourth-order valence-corrected chi connectivity index (χ4v) is 2.24. The van der Waals surface area contributed by atoms with Crippen LogP contribution in [0.1, 0.15) is 13.3 Å². The van der Waals surface area contributed by atoms with Gasteiger partial charge in [-0.2, -0.15) is 0 Å². The summed E-state index contributed by atoms with van der Waals surface area (Å²) in [5.74, 6) is -0.423. The van der Waals surface area contributed by atoms with Crippen molar-refractivity contribution < 1.29 is 18.6 Å². The van der Waals surface area contributed by atoms with Gasteiger partial charge in [-0.15, -0.1) is 0 Å². The van der Waals surface area contributed by atoms with Crippen molar-refractivity contribution in [1.82, 2.24) is 0 Å². The van der Waals surface area contributed by atoms with E-state index in [2.05, 4.69) is 4.72 Å². The molecule has 15 heavy (non-hydrogen) atoms. The van der Waals surface area contributed by atoms with Gasteiger partial charge in [0.25, 0.3) is 0 Å². The molecule has 1 aromatic rings. The highest BCUT2D eigenvalue weighted by atomic mass is 32.2. The van der Waals surface area contributed by atoms with Gasteiger partial charge in [-0.1, -0.05) is 6.92 Å². The van der Waals surface area contributed by atoms with Crippen LogP contribution in [0.15, 0.2) is 18.2 Å². The van der Waals surface area contributed by atoms with E-state index in [1.165, 1.54) is 12.1 Å². The van der Waals surface area contributed by atoms with E-state index in [4.69, 9.17) is 5.11 Å². The molecule has 0 atom stereocenters. The van der Waals surface area contributed by atoms with Gasteiger partial charge < -0.3 is 10.2 Å². The minimum absolute atomic E-state index is 0.00663. The van der Waals surface area contributed by atoms with E-state index in [-0.39, 0.29) is 22.9 Å². The van der Waals surface area contributed by atoms with E-state index in [0.717, 1.165) is 6.07 Å². The highest BCUT2D eigenvalue weighted by Gasteiger charge is 2.11. The van der Waals surface area contributed by atoms with E-state index in [0.29, 0.717) is 6.42 Å². The number of phenols is 2. The molecule has 0 fully saturated rings. The monoisotopic (exact) mass is 231 g/mol. The van der Waals surface area contributed by atoms with Gasteiger partial charge in [-0.05, 0) is 18.6 Å². The van der Waals surface area contributed by atoms with Gasteiger partial charge >= 0.3 is 0 Å². The highest BCUT2D eigenvalue weighted by Crippen LogP contribution is 2.27. The average molecular weight is 231 g/mol. The van der Waals surface area contributed by atoms with Crippen molar-refractivity contribution in [2.75, 3.05) is 10.5 Å². The van der Waals surface area contributed by atoms with Crippen LogP contribution in [0, 0.1) is 0 Å². The number of hydrogen-bond donors (Lipinski definition) is 3. The van der Waals surface area contributed by atoms with Gasteiger partial charge in [0.05, 0.1) is 11.4 Å². The summed E-state index contributed by atoms with van der Waals surface area (Å²) >= 11 is 0. The van der Waals surface area contributed by atoms with Crippen molar-refractivity contribution >= 4 is 15.7 Å². The van der Waals surface area contributed by atoms with Crippen LogP contribution in [0.5, 0.6) is 11.5 Å². The molecule has 0 unspecified atom stereocenters. The normalized spacial score (nSPS) is 11.3. The maximum atomic E-state index is 11.4. The van der Waals surface area contributed by atoms with Crippen molar-refractivity contribution in [3.8, 4) is 11.5 Å². The first-order valence-corrected chi connectivity index (χ1v) is 6.12. The van der Waals surface area contributed by atoms with E-state index >= 15 is 0 Å². The minimum Gasteiger partial charge on any atom is -0.508 e. The number of hydrogen-bond acceptors (Lipinski definition) is 4. The summed E-state index contributed by atoms with van der Waals surface area (Å²) in [4.78, 5) is 0. The summed E-state index contributed by atoms with van der Waals surface area (Å²) < 4.78 is 24.9. The first kappa shape index (κ1) is 11.6. The number of benzene rings is 1. The van der Waals surface area contributed by atoms with Crippen molar-refractivity contribution in [2.24, 2.45) is 0 Å². The van der Waals surface area contributed by atoms with E-state index in [9.17, 15) is 13.5 Å². The number of sulfonamides is 1. The Labute approximate surface area is 88.4 Å². The second-order valence-corrected chi connectivity index (χ2v) is 4.96. The summed E-state index contributed by atoms with van der Waals surface area (Å²) in [6.07, 6.45) is 0.494. The summed E-state index contributed by atoms with van der Waals surface area (Å²) in [7, 11) is -3.41. The van der Waals surface area contributed by atoms with Crippen molar-refractivity contribution in [3.63, 3.8) is 0 Å². The first-order valence-electron chi connectivity index (χ1n) is 4.47. The molecule has 0 aliphatic carbocycles. The lowest BCUT2D eigenvalue weighted by Crippen LogP contribution is -2.16. The van der Waals surface area contributed by atoms with Crippen LogP contribution < -0.4 is 4.72 Å². The Morgan fingerprint density at radius 2 is 2.00 bits per heavy atom. The summed E-state index contributed by atoms with van der Waals surface area (Å²) in [6, 6.07) is 3.67. The van der Waals surface area contributed by atoms with Gasteiger partial charge in [-0.3, -0.25) is 4.72 Å². The molecule has 0 aromatic heterocycles. The number of nitrogens with one attached hydrogen (secondary N) is 1. The molecule has 0 spiro atoms. The van der Waals surface area contributed by atoms with Gasteiger partial charge in [0.1, 0.15) is 11.5 Å². The van der Waals surface area contributed by atoms with Crippen LogP contribution in [0.4, 0.5) is 5.69 Å². The third-order valence-corrected chi connectivity index (χ3v) is 3.20. The van der Waals surface area contributed by atoms with Crippen molar-refractivity contribution in [2.45, 2.75) is 13.3 Å². The molecular weight excluding hydrogens is 218 g/mol. The SMILES string of the molecule is CCCS(=O)(=O)Nc1ccc(O)cc1O. The molecule has 0 saturated heterocycles. The van der Waals surface area contributed by atoms with E-state index < -0.39 is 10.0 Å². The number of phenolic OH excluding ortho intramolecular Hbond substituents is 2. The Balaban J connectivity index is 2.90. The highest BCUT2D eigenvalue weighted by molar-refractivity contribution is 7.92. The fraction of sp³-hybridized carbons (Fsp3) is 0.333. The maximum absolute atomic E-state index is 11.4. The molecule has 0 bridgehead atoms. The predicted octanol–water partition coefficient (Wildman–Crippen LogP) is 1.25. The second-order valence-electron chi connectivity index (χ2n) is 3.12. The van der Waals surface area contributed by atoms with E-state index in [1.807, 2.05) is 0 Å². The topological polar surface area (TPSA) is 86.6 Å². The van der Waals surface area contributed by atoms with Gasteiger partial charge in [-0.25, -0.2) is 8.42 Å². The van der Waals surface area contributed by atoms with Crippen LogP contribution in [-0.4, -0.2) is 24.4 Å². The lowest BCUT2D eigenvalue weighted by atomic mass is 10.3. The minimum atomic E-state index is -3.41. The zero-order valence-corrected chi connectivity index (χ0v) is 9.08. The maximum Gasteiger partial charge on any atom is 0.232 e. The number of anilines is 1. The van der Waals surface area contributed by atoms with Crippen LogP contribution in [-0.2, 0) is 10.0 Å². The Morgan fingerprint density at radius 1 is 1.33 bits per heavy atom. The summed E-state index contributed by atoms with van der Waals surface area (Å²) in [5, 5.41) is 18.3. The van der Waals surface area contributed by atoms with Crippen LogP contribution in [0.25, 0.3) is 0 Å². The molecule has 0 aliphatic rings. The molecule has 1 rings (SSSR count). The second kappa shape index (κ2) is 4.39. The van der Waals surface area contributed by atoms with Crippen LogP contribution in [0.2, 0.25) is 0 Å². The van der Waals surface area contributed by atoms with Crippen LogP contribution >= 0.6 is 0 Å². The Hall–Kier alpha value is -1.43. The molecule has 0 radical (unpaired) electrons. The molecular formula is C9H13NO4S. The summed E-state index contributed by atoms with van der Waals surface area (Å²) in [5.41, 5.74) is 0.0706. The lowest BCUT2D eigenvalue weighted by Gasteiger charge is -2.08. The molecule has 0 heterocycles. The number of rotatable bonds is 4. The Morgan fingerprint density at radius 3 is 2.53 bits per heavy atom. The average Bonchev–Trinajstić information content (AvgIpc) is 2.09. The van der Waals surface area contributed by atoms with Crippen molar-refractivity contribution in [3.05, 3.63) is 18.2 Å². The smallest absolute Gasteiger partial charge is 0.232 e. The molecule has 5 nitrogen and oxygen atoms in total. The predicted molar refractivity (Wildman–Crippen MR) is 57.5 cm³/mol. The first-order chi connectivity index (χ1) is 6.94. The zero-order chi connectivity index (χ0) is 11.5. The third kappa shape index (κ3) is 3.32. The molecule has 84 valence electrons. The van der Waals surface area contributed by atoms with E-state index in [1.54, 1.807) is 6.92 Å². The molecule has 0 saturated carbocycles. The molecule has 1 aromatic carbocycles. The zero-order valence-electron chi connectivity index (χ0n) is 8.27. The molecule has 0 amide bonds. The van der Waals surface area contributed by atoms with Crippen LogP contribution in [0.3, 0.4) is 0 Å². The molecule has 0 aliphatic heterocycles. The van der Waals surface area contributed by atoms with Gasteiger partial charge in [0, 0.05) is 6.07 Å². The quantitative estimate of drug-likeness (QED) is 0.537. The van der Waals surface area contributed by atoms with Gasteiger partial charge in [0.2, 0.25) is 10.0 Å². The number of aromatic hydroxyl groups is 2. The Kier molecular flexibility index (Phi) is 3.41. The largest absolute Gasteiger partial charge is 0.508 e. The van der Waals surface area contributed by atoms with Crippen molar-refractivity contribution in [1.29, 1.82) is 0 Å². The van der Waals surface area contributed by atoms with Gasteiger partial charge in [0.15, 0.2) is 0 Å². The molecule has 3 N–H and O–H groups in total.